The van der Waals surface area contributed by atoms with Gasteiger partial charge in [0.1, 0.15) is 0 Å². The van der Waals surface area contributed by atoms with Crippen LogP contribution in [-0.2, 0) is 19.5 Å². The Morgan fingerprint density at radius 3 is 2.65 bits per heavy atom. The Kier molecular flexibility index (Phi) is 5.11. The number of benzene rings is 1. The van der Waals surface area contributed by atoms with Gasteiger partial charge < -0.3 is 4.98 Å². The summed E-state index contributed by atoms with van der Waals surface area (Å²) in [6.07, 6.45) is 3.87. The van der Waals surface area contributed by atoms with Crippen molar-refractivity contribution >= 4 is 28.9 Å². The molecule has 0 atom stereocenters. The minimum atomic E-state index is -0.0490. The molecule has 3 heterocycles. The molecule has 0 radical (unpaired) electrons. The zero-order valence-electron chi connectivity index (χ0n) is 14.4. The van der Waals surface area contributed by atoms with Crippen molar-refractivity contribution in [1.82, 2.24) is 14.9 Å². The fourth-order valence-electron chi connectivity index (χ4n) is 3.60. The van der Waals surface area contributed by atoms with E-state index in [0.717, 1.165) is 61.3 Å². The molecule has 2 aliphatic heterocycles. The fourth-order valence-corrected chi connectivity index (χ4v) is 4.17. The molecule has 0 amide bonds. The van der Waals surface area contributed by atoms with Crippen LogP contribution in [0, 0.1) is 0 Å². The van der Waals surface area contributed by atoms with Crippen LogP contribution >= 0.6 is 23.2 Å². The Morgan fingerprint density at radius 1 is 1.12 bits per heavy atom. The summed E-state index contributed by atoms with van der Waals surface area (Å²) in [5.74, 6) is 0.656. The normalized spacial score (nSPS) is 17.7. The Morgan fingerprint density at radius 2 is 1.92 bits per heavy atom. The van der Waals surface area contributed by atoms with Crippen LogP contribution in [0.5, 0.6) is 0 Å². The zero-order valence-corrected chi connectivity index (χ0v) is 15.9. The average Bonchev–Trinajstić information content (AvgIpc) is 2.62. The first-order chi connectivity index (χ1) is 12.6. The van der Waals surface area contributed by atoms with Crippen molar-refractivity contribution in [3.63, 3.8) is 0 Å². The van der Waals surface area contributed by atoms with Crippen LogP contribution in [0.4, 0.5) is 0 Å². The highest BCUT2D eigenvalue weighted by atomic mass is 35.5. The van der Waals surface area contributed by atoms with Gasteiger partial charge in [0.05, 0.1) is 17.0 Å². The highest BCUT2D eigenvalue weighted by Gasteiger charge is 2.22. The number of hydrogen-bond donors (Lipinski definition) is 1. The van der Waals surface area contributed by atoms with Gasteiger partial charge in [0.2, 0.25) is 0 Å². The molecule has 0 saturated heterocycles. The Balaban J connectivity index is 1.55. The van der Waals surface area contributed by atoms with Crippen molar-refractivity contribution in [2.45, 2.75) is 38.8 Å². The van der Waals surface area contributed by atoms with Gasteiger partial charge in [0, 0.05) is 42.6 Å². The molecule has 5 nitrogen and oxygen atoms in total. The van der Waals surface area contributed by atoms with E-state index in [-0.39, 0.29) is 5.56 Å². The summed E-state index contributed by atoms with van der Waals surface area (Å²) < 4.78 is 0. The number of aromatic amines is 1. The Labute approximate surface area is 162 Å². The summed E-state index contributed by atoms with van der Waals surface area (Å²) in [6.45, 7) is 2.95. The number of aromatic nitrogens is 2. The van der Waals surface area contributed by atoms with E-state index in [4.69, 9.17) is 28.2 Å². The number of nitrogens with zero attached hydrogens (tertiary/aromatic N) is 3. The van der Waals surface area contributed by atoms with Crippen molar-refractivity contribution in [2.24, 2.45) is 4.99 Å². The largest absolute Gasteiger partial charge is 0.305 e. The van der Waals surface area contributed by atoms with E-state index in [9.17, 15) is 4.79 Å². The molecular formula is C19H20Cl2N4O. The Bertz CT molecular complexity index is 902. The lowest BCUT2D eigenvalue weighted by molar-refractivity contribution is 0.241. The van der Waals surface area contributed by atoms with E-state index in [1.54, 1.807) is 6.07 Å². The second-order valence-electron chi connectivity index (χ2n) is 6.86. The molecule has 2 aromatic rings. The lowest BCUT2D eigenvalue weighted by Gasteiger charge is -2.28. The van der Waals surface area contributed by atoms with Gasteiger partial charge in [-0.1, -0.05) is 23.2 Å². The summed E-state index contributed by atoms with van der Waals surface area (Å²) in [7, 11) is 0. The van der Waals surface area contributed by atoms with Gasteiger partial charge in [-0.05, 0) is 43.0 Å². The number of H-pyrrole nitrogens is 1. The van der Waals surface area contributed by atoms with Crippen molar-refractivity contribution in [1.29, 1.82) is 0 Å². The third-order valence-electron chi connectivity index (χ3n) is 4.87. The molecule has 0 aliphatic carbocycles. The predicted molar refractivity (Wildman–Crippen MR) is 104 cm³/mol. The quantitative estimate of drug-likeness (QED) is 0.870. The molecule has 4 rings (SSSR count). The zero-order chi connectivity index (χ0) is 18.1. The maximum absolute atomic E-state index is 12.6. The van der Waals surface area contributed by atoms with Gasteiger partial charge in [0.25, 0.3) is 5.56 Å². The topological polar surface area (TPSA) is 61.4 Å². The molecule has 26 heavy (non-hydrogen) atoms. The summed E-state index contributed by atoms with van der Waals surface area (Å²) in [6, 6.07) is 5.55. The molecule has 0 bridgehead atoms. The van der Waals surface area contributed by atoms with Gasteiger partial charge in [-0.2, -0.15) is 0 Å². The SMILES string of the molecule is O=c1[nH]c(C2=NCCCC2)nc2c1CN(Cc1cc(Cl)cc(Cl)c1)CC2. The number of fused-ring (bicyclic) bond motifs is 1. The minimum absolute atomic E-state index is 0.0490. The van der Waals surface area contributed by atoms with Crippen molar-refractivity contribution in [3.05, 3.63) is 61.2 Å². The van der Waals surface area contributed by atoms with E-state index in [2.05, 4.69) is 14.9 Å². The van der Waals surface area contributed by atoms with E-state index < -0.39 is 0 Å². The van der Waals surface area contributed by atoms with Crippen LogP contribution in [0.25, 0.3) is 0 Å². The smallest absolute Gasteiger partial charge is 0.255 e. The standard InChI is InChI=1S/C19H20Cl2N4O/c20-13-7-12(8-14(21)9-13)10-25-6-4-16-15(11-25)19(26)24-18(23-16)17-3-1-2-5-22-17/h7-9H,1-6,10-11H2,(H,23,24,26). The number of nitrogens with one attached hydrogen (secondary N) is 1. The monoisotopic (exact) mass is 390 g/mol. The van der Waals surface area contributed by atoms with Gasteiger partial charge in [-0.15, -0.1) is 0 Å². The van der Waals surface area contributed by atoms with E-state index in [1.807, 2.05) is 12.1 Å². The summed E-state index contributed by atoms with van der Waals surface area (Å²) in [4.78, 5) is 27.0. The highest BCUT2D eigenvalue weighted by molar-refractivity contribution is 6.34. The molecule has 1 aromatic heterocycles. The number of hydrogen-bond acceptors (Lipinski definition) is 4. The number of rotatable bonds is 3. The predicted octanol–water partition coefficient (Wildman–Crippen LogP) is 3.61. The van der Waals surface area contributed by atoms with Gasteiger partial charge in [0.15, 0.2) is 5.82 Å². The molecule has 1 N–H and O–H groups in total. The third-order valence-corrected chi connectivity index (χ3v) is 5.31. The molecule has 0 saturated carbocycles. The van der Waals surface area contributed by atoms with Gasteiger partial charge >= 0.3 is 0 Å². The maximum atomic E-state index is 12.6. The fraction of sp³-hybridized carbons (Fsp3) is 0.421. The van der Waals surface area contributed by atoms with Crippen LogP contribution in [0.2, 0.25) is 10.0 Å². The third kappa shape index (κ3) is 3.85. The van der Waals surface area contributed by atoms with Crippen molar-refractivity contribution in [2.75, 3.05) is 13.1 Å². The molecular weight excluding hydrogens is 371 g/mol. The first kappa shape index (κ1) is 17.7. The van der Waals surface area contributed by atoms with Crippen LogP contribution in [0.1, 0.15) is 41.9 Å². The van der Waals surface area contributed by atoms with Crippen LogP contribution in [0.3, 0.4) is 0 Å². The minimum Gasteiger partial charge on any atom is -0.305 e. The van der Waals surface area contributed by atoms with Crippen LogP contribution < -0.4 is 5.56 Å². The molecule has 136 valence electrons. The van der Waals surface area contributed by atoms with E-state index in [1.165, 1.54) is 0 Å². The van der Waals surface area contributed by atoms with E-state index in [0.29, 0.717) is 29.0 Å². The maximum Gasteiger partial charge on any atom is 0.255 e. The van der Waals surface area contributed by atoms with E-state index >= 15 is 0 Å². The molecule has 0 spiro atoms. The molecule has 1 aromatic carbocycles. The Hall–Kier alpha value is -1.69. The lowest BCUT2D eigenvalue weighted by atomic mass is 10.0. The molecule has 2 aliphatic rings. The van der Waals surface area contributed by atoms with Crippen LogP contribution in [0.15, 0.2) is 28.0 Å². The summed E-state index contributed by atoms with van der Waals surface area (Å²) >= 11 is 12.2. The summed E-state index contributed by atoms with van der Waals surface area (Å²) in [5, 5.41) is 1.25. The first-order valence-electron chi connectivity index (χ1n) is 8.91. The van der Waals surface area contributed by atoms with Crippen LogP contribution in [-0.4, -0.2) is 33.7 Å². The van der Waals surface area contributed by atoms with Crippen molar-refractivity contribution < 1.29 is 0 Å². The number of halogens is 2. The first-order valence-corrected chi connectivity index (χ1v) is 9.67. The second kappa shape index (κ2) is 7.51. The molecule has 7 heteroatoms. The lowest BCUT2D eigenvalue weighted by Crippen LogP contribution is -2.36. The highest BCUT2D eigenvalue weighted by Crippen LogP contribution is 2.22. The average molecular weight is 391 g/mol. The molecule has 0 unspecified atom stereocenters. The van der Waals surface area contributed by atoms with Gasteiger partial charge in [-0.3, -0.25) is 14.7 Å². The summed E-state index contributed by atoms with van der Waals surface area (Å²) in [5.41, 5.74) is 3.59. The second-order valence-corrected chi connectivity index (χ2v) is 7.74. The van der Waals surface area contributed by atoms with Gasteiger partial charge in [-0.25, -0.2) is 4.98 Å². The number of aliphatic imine (C=N–C) groups is 1. The molecule has 0 fully saturated rings. The van der Waals surface area contributed by atoms with Crippen molar-refractivity contribution in [3.8, 4) is 0 Å².